The molecule has 1 aromatic heterocycles. The predicted molar refractivity (Wildman–Crippen MR) is 70.8 cm³/mol. The van der Waals surface area contributed by atoms with Gasteiger partial charge in [-0.2, -0.15) is 0 Å². The van der Waals surface area contributed by atoms with E-state index in [2.05, 4.69) is 4.98 Å². The summed E-state index contributed by atoms with van der Waals surface area (Å²) < 4.78 is 15.1. The Bertz CT molecular complexity index is 545. The van der Waals surface area contributed by atoms with Gasteiger partial charge in [-0.15, -0.1) is 0 Å². The van der Waals surface area contributed by atoms with Crippen molar-refractivity contribution in [2.75, 3.05) is 0 Å². The highest BCUT2D eigenvalue weighted by atomic mass is 35.5. The highest BCUT2D eigenvalue weighted by Crippen LogP contribution is 2.28. The monoisotopic (exact) mass is 287 g/mol. The molecule has 2 aromatic rings. The van der Waals surface area contributed by atoms with E-state index in [1.165, 1.54) is 12.1 Å². The standard InChI is InChI=1S/C12H12Cl2FN3/c1-2-10(16)11-5-17-6-18(11)7-3-8(13)12(15)9(14)4-7/h3-6,10H,2,16H2,1H3/t10-/m1/s1. The molecule has 0 fully saturated rings. The largest absolute Gasteiger partial charge is 0.323 e. The van der Waals surface area contributed by atoms with Crippen LogP contribution in [0.1, 0.15) is 25.1 Å². The van der Waals surface area contributed by atoms with Gasteiger partial charge in [0.2, 0.25) is 0 Å². The van der Waals surface area contributed by atoms with Crippen molar-refractivity contribution >= 4 is 23.2 Å². The number of aromatic nitrogens is 2. The van der Waals surface area contributed by atoms with Crippen LogP contribution in [-0.2, 0) is 0 Å². The molecule has 2 rings (SSSR count). The lowest BCUT2D eigenvalue weighted by molar-refractivity contribution is 0.627. The summed E-state index contributed by atoms with van der Waals surface area (Å²) in [5.41, 5.74) is 7.45. The molecule has 1 atom stereocenters. The van der Waals surface area contributed by atoms with E-state index in [4.69, 9.17) is 28.9 Å². The van der Waals surface area contributed by atoms with E-state index in [9.17, 15) is 4.39 Å². The molecule has 0 saturated heterocycles. The second-order valence-electron chi connectivity index (χ2n) is 3.93. The van der Waals surface area contributed by atoms with Gasteiger partial charge in [-0.1, -0.05) is 30.1 Å². The van der Waals surface area contributed by atoms with Crippen molar-refractivity contribution in [3.63, 3.8) is 0 Å². The van der Waals surface area contributed by atoms with Gasteiger partial charge in [-0.05, 0) is 18.6 Å². The van der Waals surface area contributed by atoms with Gasteiger partial charge in [0.25, 0.3) is 0 Å². The molecular weight excluding hydrogens is 276 g/mol. The van der Waals surface area contributed by atoms with E-state index in [0.717, 1.165) is 12.1 Å². The van der Waals surface area contributed by atoms with Crippen molar-refractivity contribution in [3.8, 4) is 5.69 Å². The normalized spacial score (nSPS) is 12.7. The van der Waals surface area contributed by atoms with Crippen molar-refractivity contribution in [2.45, 2.75) is 19.4 Å². The zero-order valence-corrected chi connectivity index (χ0v) is 11.2. The Morgan fingerprint density at radius 1 is 1.39 bits per heavy atom. The third kappa shape index (κ3) is 2.36. The molecule has 96 valence electrons. The minimum absolute atomic E-state index is 0.0257. The summed E-state index contributed by atoms with van der Waals surface area (Å²) in [5, 5.41) is -0.0514. The fourth-order valence-electron chi connectivity index (χ4n) is 1.69. The minimum atomic E-state index is -0.622. The lowest BCUT2D eigenvalue weighted by Gasteiger charge is -2.13. The van der Waals surface area contributed by atoms with Crippen LogP contribution >= 0.6 is 23.2 Å². The molecule has 2 N–H and O–H groups in total. The minimum Gasteiger partial charge on any atom is -0.323 e. The van der Waals surface area contributed by atoms with Crippen LogP contribution in [0.25, 0.3) is 5.69 Å². The van der Waals surface area contributed by atoms with Crippen molar-refractivity contribution in [1.29, 1.82) is 0 Å². The number of halogens is 3. The zero-order valence-electron chi connectivity index (χ0n) is 9.70. The first kappa shape index (κ1) is 13.3. The van der Waals surface area contributed by atoms with Gasteiger partial charge >= 0.3 is 0 Å². The van der Waals surface area contributed by atoms with Crippen LogP contribution in [0.3, 0.4) is 0 Å². The Morgan fingerprint density at radius 2 is 2.00 bits per heavy atom. The number of hydrogen-bond donors (Lipinski definition) is 1. The van der Waals surface area contributed by atoms with Crippen LogP contribution in [0.2, 0.25) is 10.0 Å². The predicted octanol–water partition coefficient (Wildman–Crippen LogP) is 3.73. The van der Waals surface area contributed by atoms with Crippen molar-refractivity contribution < 1.29 is 4.39 Å². The molecule has 0 aliphatic carbocycles. The first-order valence-corrected chi connectivity index (χ1v) is 6.23. The average molecular weight is 288 g/mol. The second kappa shape index (κ2) is 5.26. The molecule has 18 heavy (non-hydrogen) atoms. The second-order valence-corrected chi connectivity index (χ2v) is 4.74. The molecule has 0 saturated carbocycles. The molecule has 0 bridgehead atoms. The van der Waals surface area contributed by atoms with Crippen LogP contribution in [0.4, 0.5) is 4.39 Å². The Hall–Kier alpha value is -1.10. The highest BCUT2D eigenvalue weighted by Gasteiger charge is 2.14. The Balaban J connectivity index is 2.53. The number of nitrogens with two attached hydrogens (primary N) is 1. The van der Waals surface area contributed by atoms with E-state index < -0.39 is 5.82 Å². The summed E-state index contributed by atoms with van der Waals surface area (Å²) in [6, 6.07) is 2.85. The Kier molecular flexibility index (Phi) is 3.90. The van der Waals surface area contributed by atoms with Gasteiger partial charge in [0.05, 0.1) is 28.3 Å². The number of nitrogens with zero attached hydrogens (tertiary/aromatic N) is 2. The van der Waals surface area contributed by atoms with Gasteiger partial charge in [0.15, 0.2) is 5.82 Å². The van der Waals surface area contributed by atoms with Gasteiger partial charge in [0, 0.05) is 11.7 Å². The molecule has 0 radical (unpaired) electrons. The van der Waals surface area contributed by atoms with Crippen molar-refractivity contribution in [3.05, 3.63) is 46.2 Å². The zero-order chi connectivity index (χ0) is 13.3. The third-order valence-electron chi connectivity index (χ3n) is 2.73. The van der Waals surface area contributed by atoms with Gasteiger partial charge in [0.1, 0.15) is 0 Å². The fourth-order valence-corrected chi connectivity index (χ4v) is 2.16. The quantitative estimate of drug-likeness (QED) is 0.875. The number of rotatable bonds is 3. The van der Waals surface area contributed by atoms with Crippen LogP contribution in [0, 0.1) is 5.82 Å². The number of imidazole rings is 1. The molecule has 0 unspecified atom stereocenters. The average Bonchev–Trinajstić information content (AvgIpc) is 2.83. The third-order valence-corrected chi connectivity index (χ3v) is 3.28. The van der Waals surface area contributed by atoms with Crippen molar-refractivity contribution in [1.82, 2.24) is 9.55 Å². The van der Waals surface area contributed by atoms with E-state index in [0.29, 0.717) is 5.69 Å². The first-order chi connectivity index (χ1) is 8.54. The molecule has 3 nitrogen and oxygen atoms in total. The Labute approximate surface area is 114 Å². The lowest BCUT2D eigenvalue weighted by Crippen LogP contribution is -2.13. The maximum atomic E-state index is 13.4. The summed E-state index contributed by atoms with van der Waals surface area (Å²) in [7, 11) is 0. The van der Waals surface area contributed by atoms with Crippen LogP contribution in [0.5, 0.6) is 0 Å². The molecule has 0 aliphatic rings. The summed E-state index contributed by atoms with van der Waals surface area (Å²) in [5.74, 6) is -0.622. The molecular formula is C12H12Cl2FN3. The van der Waals surface area contributed by atoms with E-state index in [1.807, 2.05) is 6.92 Å². The maximum absolute atomic E-state index is 13.4. The van der Waals surface area contributed by atoms with E-state index >= 15 is 0 Å². The summed E-state index contributed by atoms with van der Waals surface area (Å²) in [6.07, 6.45) is 4.05. The molecule has 0 spiro atoms. The molecule has 6 heteroatoms. The summed E-state index contributed by atoms with van der Waals surface area (Å²) in [4.78, 5) is 4.05. The molecule has 1 aromatic carbocycles. The smallest absolute Gasteiger partial charge is 0.160 e. The topological polar surface area (TPSA) is 43.8 Å². The molecule has 0 amide bonds. The Morgan fingerprint density at radius 3 is 2.56 bits per heavy atom. The van der Waals surface area contributed by atoms with Gasteiger partial charge in [-0.25, -0.2) is 9.37 Å². The molecule has 0 aliphatic heterocycles. The van der Waals surface area contributed by atoms with Gasteiger partial charge in [-0.3, -0.25) is 0 Å². The number of hydrogen-bond acceptors (Lipinski definition) is 2. The highest BCUT2D eigenvalue weighted by molar-refractivity contribution is 6.35. The molecule has 1 heterocycles. The fraction of sp³-hybridized carbons (Fsp3) is 0.250. The van der Waals surface area contributed by atoms with Crippen LogP contribution in [-0.4, -0.2) is 9.55 Å². The summed E-state index contributed by atoms with van der Waals surface area (Å²) >= 11 is 11.6. The maximum Gasteiger partial charge on any atom is 0.160 e. The summed E-state index contributed by atoms with van der Waals surface area (Å²) in [6.45, 7) is 1.98. The van der Waals surface area contributed by atoms with Crippen molar-refractivity contribution in [2.24, 2.45) is 5.73 Å². The van der Waals surface area contributed by atoms with E-state index in [-0.39, 0.29) is 16.1 Å². The first-order valence-electron chi connectivity index (χ1n) is 5.47. The van der Waals surface area contributed by atoms with Crippen LogP contribution < -0.4 is 5.73 Å². The lowest BCUT2D eigenvalue weighted by atomic mass is 10.2. The van der Waals surface area contributed by atoms with Gasteiger partial charge < -0.3 is 10.3 Å². The SMILES string of the molecule is CC[C@@H](N)c1cncn1-c1cc(Cl)c(F)c(Cl)c1. The number of benzene rings is 1. The van der Waals surface area contributed by atoms with Crippen LogP contribution in [0.15, 0.2) is 24.7 Å². The van der Waals surface area contributed by atoms with E-state index in [1.54, 1.807) is 17.1 Å².